The number of hydrogen-bond donors (Lipinski definition) is 0. The first-order valence-electron chi connectivity index (χ1n) is 6.55. The van der Waals surface area contributed by atoms with E-state index in [1.54, 1.807) is 6.07 Å². The van der Waals surface area contributed by atoms with Crippen LogP contribution in [0, 0.1) is 29.0 Å². The Labute approximate surface area is 116 Å². The lowest BCUT2D eigenvalue weighted by Gasteiger charge is -2.32. The molecule has 1 aromatic carbocycles. The van der Waals surface area contributed by atoms with Gasteiger partial charge in [-0.1, -0.05) is 6.07 Å². The van der Waals surface area contributed by atoms with E-state index < -0.39 is 17.7 Å². The average Bonchev–Trinajstić information content (AvgIpc) is 2.46. The summed E-state index contributed by atoms with van der Waals surface area (Å²) in [7, 11) is 0. The molecule has 0 spiro atoms. The highest BCUT2D eigenvalue weighted by atomic mass is 19.1. The van der Waals surface area contributed by atoms with Gasteiger partial charge in [-0.3, -0.25) is 9.59 Å². The summed E-state index contributed by atoms with van der Waals surface area (Å²) in [5, 5.41) is 8.80. The van der Waals surface area contributed by atoms with Gasteiger partial charge in [0.15, 0.2) is 5.78 Å². The molecule has 1 aromatic rings. The van der Waals surface area contributed by atoms with Gasteiger partial charge >= 0.3 is 0 Å². The predicted octanol–water partition coefficient (Wildman–Crippen LogP) is 2.30. The van der Waals surface area contributed by atoms with Gasteiger partial charge < -0.3 is 4.90 Å². The number of amides is 1. The van der Waals surface area contributed by atoms with Crippen LogP contribution in [0.25, 0.3) is 0 Å². The molecule has 0 aliphatic carbocycles. The number of halogens is 1. The normalized spacial score (nSPS) is 20.4. The molecule has 1 saturated heterocycles. The standard InChI is InChI=1S/C15H15FN2O2/c1-10(9-17)14(19)13-6-3-7-18(15(13)20)12-5-2-4-11(16)8-12/h2,4-5,8,10,13H,3,6-7H2,1H3/t10-,13+/m0/s1. The Hall–Kier alpha value is -2.22. The smallest absolute Gasteiger partial charge is 0.237 e. The fraction of sp³-hybridized carbons (Fsp3) is 0.400. The molecule has 2 rings (SSSR count). The molecule has 2 atom stereocenters. The Morgan fingerprint density at radius 3 is 2.95 bits per heavy atom. The zero-order chi connectivity index (χ0) is 14.7. The zero-order valence-corrected chi connectivity index (χ0v) is 11.2. The van der Waals surface area contributed by atoms with Crippen molar-refractivity contribution in [1.82, 2.24) is 0 Å². The lowest BCUT2D eigenvalue weighted by atomic mass is 9.87. The van der Waals surface area contributed by atoms with Gasteiger partial charge in [0.2, 0.25) is 5.91 Å². The van der Waals surface area contributed by atoms with Crippen molar-refractivity contribution >= 4 is 17.4 Å². The zero-order valence-electron chi connectivity index (χ0n) is 11.2. The van der Waals surface area contributed by atoms with Crippen LogP contribution in [0.5, 0.6) is 0 Å². The summed E-state index contributed by atoms with van der Waals surface area (Å²) in [6.45, 7) is 1.96. The largest absolute Gasteiger partial charge is 0.312 e. The van der Waals surface area contributed by atoms with Crippen molar-refractivity contribution in [2.24, 2.45) is 11.8 Å². The number of Topliss-reactive ketones (excluding diaryl/α,β-unsaturated/α-hetero) is 1. The van der Waals surface area contributed by atoms with Crippen molar-refractivity contribution in [1.29, 1.82) is 5.26 Å². The maximum atomic E-state index is 13.2. The Morgan fingerprint density at radius 1 is 1.55 bits per heavy atom. The summed E-state index contributed by atoms with van der Waals surface area (Å²) in [5.41, 5.74) is 0.456. The lowest BCUT2D eigenvalue weighted by molar-refractivity contribution is -0.135. The maximum Gasteiger partial charge on any atom is 0.237 e. The van der Waals surface area contributed by atoms with E-state index in [9.17, 15) is 14.0 Å². The minimum absolute atomic E-state index is 0.339. The van der Waals surface area contributed by atoms with Crippen LogP contribution >= 0.6 is 0 Å². The summed E-state index contributed by atoms with van der Waals surface area (Å²) in [6.07, 6.45) is 1.12. The minimum Gasteiger partial charge on any atom is -0.312 e. The number of nitrogens with zero attached hydrogens (tertiary/aromatic N) is 2. The molecule has 1 aliphatic rings. The second-order valence-electron chi connectivity index (χ2n) is 4.92. The highest BCUT2D eigenvalue weighted by Crippen LogP contribution is 2.27. The number of anilines is 1. The van der Waals surface area contributed by atoms with Crippen LogP contribution < -0.4 is 4.90 Å². The molecule has 0 unspecified atom stereocenters. The number of rotatable bonds is 3. The fourth-order valence-electron chi connectivity index (χ4n) is 2.41. The SMILES string of the molecule is C[C@@H](C#N)C(=O)[C@H]1CCCN(c2cccc(F)c2)C1=O. The molecule has 5 heteroatoms. The molecular weight excluding hydrogens is 259 g/mol. The summed E-state index contributed by atoms with van der Waals surface area (Å²) < 4.78 is 13.2. The Balaban J connectivity index is 2.23. The Bertz CT molecular complexity index is 579. The maximum absolute atomic E-state index is 13.2. The van der Waals surface area contributed by atoms with Gasteiger partial charge in [-0.05, 0) is 38.0 Å². The van der Waals surface area contributed by atoms with Gasteiger partial charge in [-0.15, -0.1) is 0 Å². The van der Waals surface area contributed by atoms with Crippen molar-refractivity contribution < 1.29 is 14.0 Å². The summed E-state index contributed by atoms with van der Waals surface area (Å²) in [5.74, 6) is -2.69. The Kier molecular flexibility index (Phi) is 4.14. The van der Waals surface area contributed by atoms with E-state index in [1.807, 2.05) is 6.07 Å². The van der Waals surface area contributed by atoms with Crippen LogP contribution in [-0.2, 0) is 9.59 Å². The van der Waals surface area contributed by atoms with Gasteiger partial charge in [0.25, 0.3) is 0 Å². The van der Waals surface area contributed by atoms with Crippen LogP contribution in [-0.4, -0.2) is 18.2 Å². The third-order valence-corrected chi connectivity index (χ3v) is 3.52. The molecular formula is C15H15FN2O2. The number of carbonyl (C=O) groups excluding carboxylic acids is 2. The van der Waals surface area contributed by atoms with Crippen LogP contribution in [0.1, 0.15) is 19.8 Å². The fourth-order valence-corrected chi connectivity index (χ4v) is 2.41. The molecule has 1 aliphatic heterocycles. The van der Waals surface area contributed by atoms with Crippen LogP contribution in [0.3, 0.4) is 0 Å². The van der Waals surface area contributed by atoms with E-state index in [4.69, 9.17) is 5.26 Å². The molecule has 104 valence electrons. The topological polar surface area (TPSA) is 61.2 Å². The lowest BCUT2D eigenvalue weighted by Crippen LogP contribution is -2.45. The van der Waals surface area contributed by atoms with Crippen molar-refractivity contribution in [3.05, 3.63) is 30.1 Å². The van der Waals surface area contributed by atoms with Crippen molar-refractivity contribution in [2.75, 3.05) is 11.4 Å². The molecule has 1 fully saturated rings. The second-order valence-corrected chi connectivity index (χ2v) is 4.92. The highest BCUT2D eigenvalue weighted by molar-refractivity contribution is 6.10. The van der Waals surface area contributed by atoms with E-state index in [0.717, 1.165) is 0 Å². The molecule has 0 N–H and O–H groups in total. The van der Waals surface area contributed by atoms with E-state index in [1.165, 1.54) is 30.0 Å². The number of nitriles is 1. The minimum atomic E-state index is -0.795. The molecule has 0 saturated carbocycles. The number of hydrogen-bond acceptors (Lipinski definition) is 3. The molecule has 20 heavy (non-hydrogen) atoms. The van der Waals surface area contributed by atoms with Gasteiger partial charge in [0.1, 0.15) is 11.7 Å². The van der Waals surface area contributed by atoms with E-state index >= 15 is 0 Å². The second kappa shape index (κ2) is 5.83. The molecule has 0 bridgehead atoms. The van der Waals surface area contributed by atoms with Crippen LogP contribution in [0.2, 0.25) is 0 Å². The Morgan fingerprint density at radius 2 is 2.30 bits per heavy atom. The number of piperidine rings is 1. The third kappa shape index (κ3) is 2.69. The van der Waals surface area contributed by atoms with Crippen molar-refractivity contribution in [3.8, 4) is 6.07 Å². The predicted molar refractivity (Wildman–Crippen MR) is 71.3 cm³/mol. The molecule has 4 nitrogen and oxygen atoms in total. The molecule has 1 heterocycles. The number of carbonyl (C=O) groups is 2. The number of benzene rings is 1. The van der Waals surface area contributed by atoms with E-state index in [-0.39, 0.29) is 11.7 Å². The van der Waals surface area contributed by atoms with Crippen LogP contribution in [0.15, 0.2) is 24.3 Å². The summed E-state index contributed by atoms with van der Waals surface area (Å²) in [6, 6.07) is 7.62. The highest BCUT2D eigenvalue weighted by Gasteiger charge is 2.36. The quantitative estimate of drug-likeness (QED) is 0.794. The molecule has 1 amide bonds. The first-order chi connectivity index (χ1) is 9.54. The molecule has 0 radical (unpaired) electrons. The monoisotopic (exact) mass is 274 g/mol. The van der Waals surface area contributed by atoms with Crippen LogP contribution in [0.4, 0.5) is 10.1 Å². The van der Waals surface area contributed by atoms with Gasteiger partial charge in [0.05, 0.1) is 12.0 Å². The molecule has 0 aromatic heterocycles. The summed E-state index contributed by atoms with van der Waals surface area (Å²) in [4.78, 5) is 25.8. The van der Waals surface area contributed by atoms with Crippen molar-refractivity contribution in [3.63, 3.8) is 0 Å². The van der Waals surface area contributed by atoms with E-state index in [0.29, 0.717) is 25.1 Å². The van der Waals surface area contributed by atoms with E-state index in [2.05, 4.69) is 0 Å². The first kappa shape index (κ1) is 14.2. The average molecular weight is 274 g/mol. The van der Waals surface area contributed by atoms with Gasteiger partial charge in [-0.25, -0.2) is 4.39 Å². The number of ketones is 1. The van der Waals surface area contributed by atoms with Gasteiger partial charge in [-0.2, -0.15) is 5.26 Å². The third-order valence-electron chi connectivity index (χ3n) is 3.52. The first-order valence-corrected chi connectivity index (χ1v) is 6.55. The van der Waals surface area contributed by atoms with Crippen molar-refractivity contribution in [2.45, 2.75) is 19.8 Å². The van der Waals surface area contributed by atoms with Gasteiger partial charge in [0, 0.05) is 12.2 Å². The summed E-state index contributed by atoms with van der Waals surface area (Å²) >= 11 is 0.